The molecule has 2 saturated heterocycles. The standard InChI is InChI=1S/C17H25FN2/c1-3-19-14-10-15-5-4-6-16(11-14)20(15)17-8-12(2)7-13(18)9-17/h7-9,14-16,19H,3-6,10-11H2,1-2H3. The van der Waals surface area contributed by atoms with Crippen molar-refractivity contribution >= 4 is 5.69 Å². The van der Waals surface area contributed by atoms with Gasteiger partial charge in [0, 0.05) is 23.8 Å². The Morgan fingerprint density at radius 2 is 1.90 bits per heavy atom. The van der Waals surface area contributed by atoms with Gasteiger partial charge in [0.15, 0.2) is 0 Å². The molecular formula is C17H25FN2. The van der Waals surface area contributed by atoms with Crippen molar-refractivity contribution in [3.8, 4) is 0 Å². The molecule has 3 heteroatoms. The van der Waals surface area contributed by atoms with E-state index >= 15 is 0 Å². The molecule has 0 radical (unpaired) electrons. The van der Waals surface area contributed by atoms with Gasteiger partial charge in [-0.1, -0.05) is 6.92 Å². The average molecular weight is 276 g/mol. The van der Waals surface area contributed by atoms with E-state index in [9.17, 15) is 4.39 Å². The molecule has 2 heterocycles. The van der Waals surface area contributed by atoms with Crippen molar-refractivity contribution in [3.05, 3.63) is 29.6 Å². The maximum Gasteiger partial charge on any atom is 0.125 e. The summed E-state index contributed by atoms with van der Waals surface area (Å²) >= 11 is 0. The second kappa shape index (κ2) is 5.72. The van der Waals surface area contributed by atoms with Crippen LogP contribution in [-0.2, 0) is 0 Å². The number of hydrogen-bond acceptors (Lipinski definition) is 2. The van der Waals surface area contributed by atoms with Gasteiger partial charge in [0.1, 0.15) is 5.82 Å². The van der Waals surface area contributed by atoms with E-state index in [0.717, 1.165) is 17.8 Å². The normalized spacial score (nSPS) is 29.6. The highest BCUT2D eigenvalue weighted by Gasteiger charge is 2.38. The summed E-state index contributed by atoms with van der Waals surface area (Å²) in [4.78, 5) is 2.51. The summed E-state index contributed by atoms with van der Waals surface area (Å²) < 4.78 is 13.7. The minimum absolute atomic E-state index is 0.105. The SMILES string of the molecule is CCNC1CC2CCCC(C1)N2c1cc(C)cc(F)c1. The maximum absolute atomic E-state index is 13.7. The van der Waals surface area contributed by atoms with E-state index in [-0.39, 0.29) is 5.82 Å². The molecule has 2 atom stereocenters. The molecule has 0 saturated carbocycles. The second-order valence-corrected chi connectivity index (χ2v) is 6.36. The van der Waals surface area contributed by atoms with Crippen LogP contribution in [-0.4, -0.2) is 24.7 Å². The number of nitrogens with one attached hydrogen (secondary N) is 1. The minimum atomic E-state index is -0.105. The Hall–Kier alpha value is -1.09. The fraction of sp³-hybridized carbons (Fsp3) is 0.647. The number of piperidine rings is 2. The molecule has 0 amide bonds. The Labute approximate surface area is 121 Å². The van der Waals surface area contributed by atoms with E-state index in [1.54, 1.807) is 12.1 Å². The van der Waals surface area contributed by atoms with E-state index in [2.05, 4.69) is 23.2 Å². The first-order valence-corrected chi connectivity index (χ1v) is 7.96. The molecule has 2 aliphatic heterocycles. The number of hydrogen-bond donors (Lipinski definition) is 1. The lowest BCUT2D eigenvalue weighted by molar-refractivity contribution is 0.247. The first-order valence-electron chi connectivity index (χ1n) is 7.96. The fourth-order valence-corrected chi connectivity index (χ4v) is 4.12. The summed E-state index contributed by atoms with van der Waals surface area (Å²) in [6.45, 7) is 5.20. The predicted octanol–water partition coefficient (Wildman–Crippen LogP) is 3.63. The number of fused-ring (bicyclic) bond motifs is 2. The van der Waals surface area contributed by atoms with Crippen LogP contribution >= 0.6 is 0 Å². The van der Waals surface area contributed by atoms with Gasteiger partial charge < -0.3 is 10.2 Å². The zero-order valence-electron chi connectivity index (χ0n) is 12.5. The molecule has 0 aromatic heterocycles. The number of anilines is 1. The van der Waals surface area contributed by atoms with E-state index in [0.29, 0.717) is 18.1 Å². The van der Waals surface area contributed by atoms with Crippen molar-refractivity contribution in [1.29, 1.82) is 0 Å². The second-order valence-electron chi connectivity index (χ2n) is 6.36. The Morgan fingerprint density at radius 1 is 1.20 bits per heavy atom. The number of rotatable bonds is 3. The molecular weight excluding hydrogens is 251 g/mol. The lowest BCUT2D eigenvalue weighted by Crippen LogP contribution is -2.56. The van der Waals surface area contributed by atoms with Gasteiger partial charge in [-0.25, -0.2) is 4.39 Å². The quantitative estimate of drug-likeness (QED) is 0.907. The van der Waals surface area contributed by atoms with Gasteiger partial charge in [0.05, 0.1) is 0 Å². The molecule has 2 bridgehead atoms. The van der Waals surface area contributed by atoms with Crippen molar-refractivity contribution in [2.45, 2.75) is 64.1 Å². The highest BCUT2D eigenvalue weighted by atomic mass is 19.1. The third-order valence-corrected chi connectivity index (χ3v) is 4.79. The molecule has 3 rings (SSSR count). The van der Waals surface area contributed by atoms with Gasteiger partial charge in [0.2, 0.25) is 0 Å². The zero-order valence-corrected chi connectivity index (χ0v) is 12.5. The van der Waals surface area contributed by atoms with Crippen LogP contribution in [0, 0.1) is 12.7 Å². The van der Waals surface area contributed by atoms with Gasteiger partial charge in [-0.2, -0.15) is 0 Å². The molecule has 1 aromatic carbocycles. The van der Waals surface area contributed by atoms with Crippen molar-refractivity contribution in [3.63, 3.8) is 0 Å². The molecule has 2 fully saturated rings. The lowest BCUT2D eigenvalue weighted by Gasteiger charge is -2.50. The van der Waals surface area contributed by atoms with Crippen LogP contribution in [0.25, 0.3) is 0 Å². The Balaban J connectivity index is 1.86. The number of halogens is 1. The molecule has 20 heavy (non-hydrogen) atoms. The Morgan fingerprint density at radius 3 is 2.50 bits per heavy atom. The molecule has 1 aromatic rings. The van der Waals surface area contributed by atoms with E-state index in [1.807, 2.05) is 6.92 Å². The fourth-order valence-electron chi connectivity index (χ4n) is 4.12. The van der Waals surface area contributed by atoms with Gasteiger partial charge in [0.25, 0.3) is 0 Å². The van der Waals surface area contributed by atoms with Crippen LogP contribution in [0.1, 0.15) is 44.6 Å². The minimum Gasteiger partial charge on any atom is -0.365 e. The van der Waals surface area contributed by atoms with Gasteiger partial charge in [-0.05, 0) is 69.3 Å². The van der Waals surface area contributed by atoms with Crippen LogP contribution in [0.4, 0.5) is 10.1 Å². The van der Waals surface area contributed by atoms with Crippen LogP contribution in [0.5, 0.6) is 0 Å². The highest BCUT2D eigenvalue weighted by molar-refractivity contribution is 5.52. The van der Waals surface area contributed by atoms with Crippen LogP contribution < -0.4 is 10.2 Å². The first kappa shape index (κ1) is 13.9. The van der Waals surface area contributed by atoms with Gasteiger partial charge in [-0.15, -0.1) is 0 Å². The van der Waals surface area contributed by atoms with E-state index in [1.165, 1.54) is 32.1 Å². The monoisotopic (exact) mass is 276 g/mol. The highest BCUT2D eigenvalue weighted by Crippen LogP contribution is 2.38. The molecule has 0 aliphatic carbocycles. The Bertz CT molecular complexity index is 440. The summed E-state index contributed by atoms with van der Waals surface area (Å²) in [5.74, 6) is -0.105. The molecule has 2 aliphatic rings. The number of benzene rings is 1. The summed E-state index contributed by atoms with van der Waals surface area (Å²) in [5, 5.41) is 3.61. The number of nitrogens with zero attached hydrogens (tertiary/aromatic N) is 1. The molecule has 1 N–H and O–H groups in total. The van der Waals surface area contributed by atoms with Crippen molar-refractivity contribution in [1.82, 2.24) is 5.32 Å². The summed E-state index contributed by atoms with van der Waals surface area (Å²) in [5.41, 5.74) is 2.11. The summed E-state index contributed by atoms with van der Waals surface area (Å²) in [6.07, 6.45) is 6.20. The predicted molar refractivity (Wildman–Crippen MR) is 81.7 cm³/mol. The van der Waals surface area contributed by atoms with E-state index < -0.39 is 0 Å². The zero-order chi connectivity index (χ0) is 14.1. The van der Waals surface area contributed by atoms with Crippen LogP contribution in [0.3, 0.4) is 0 Å². The first-order chi connectivity index (χ1) is 9.67. The average Bonchev–Trinajstić information content (AvgIpc) is 2.36. The third-order valence-electron chi connectivity index (χ3n) is 4.79. The van der Waals surface area contributed by atoms with Gasteiger partial charge in [-0.3, -0.25) is 0 Å². The Kier molecular flexibility index (Phi) is 3.97. The summed E-state index contributed by atoms with van der Waals surface area (Å²) in [6, 6.07) is 7.26. The molecule has 0 spiro atoms. The molecule has 110 valence electrons. The maximum atomic E-state index is 13.7. The smallest absolute Gasteiger partial charge is 0.125 e. The molecule has 2 nitrogen and oxygen atoms in total. The van der Waals surface area contributed by atoms with Crippen LogP contribution in [0.2, 0.25) is 0 Å². The lowest BCUT2D eigenvalue weighted by atomic mass is 9.81. The largest absolute Gasteiger partial charge is 0.365 e. The number of aryl methyl sites for hydroxylation is 1. The summed E-state index contributed by atoms with van der Waals surface area (Å²) in [7, 11) is 0. The van der Waals surface area contributed by atoms with Gasteiger partial charge >= 0.3 is 0 Å². The van der Waals surface area contributed by atoms with E-state index in [4.69, 9.17) is 0 Å². The third kappa shape index (κ3) is 2.69. The molecule has 2 unspecified atom stereocenters. The van der Waals surface area contributed by atoms with Crippen molar-refractivity contribution < 1.29 is 4.39 Å². The van der Waals surface area contributed by atoms with Crippen molar-refractivity contribution in [2.24, 2.45) is 0 Å². The van der Waals surface area contributed by atoms with Crippen molar-refractivity contribution in [2.75, 3.05) is 11.4 Å². The van der Waals surface area contributed by atoms with Crippen LogP contribution in [0.15, 0.2) is 18.2 Å². The topological polar surface area (TPSA) is 15.3 Å².